The van der Waals surface area contributed by atoms with Crippen LogP contribution in [-0.4, -0.2) is 47.2 Å². The molecule has 0 spiro atoms. The summed E-state index contributed by atoms with van der Waals surface area (Å²) in [5.41, 5.74) is 5.67. The summed E-state index contributed by atoms with van der Waals surface area (Å²) < 4.78 is 60.3. The Balaban J connectivity index is 1.59. The van der Waals surface area contributed by atoms with Gasteiger partial charge in [0, 0.05) is 12.1 Å². The van der Waals surface area contributed by atoms with Gasteiger partial charge in [0.2, 0.25) is 0 Å². The lowest BCUT2D eigenvalue weighted by Crippen LogP contribution is -2.43. The highest BCUT2D eigenvalue weighted by Gasteiger charge is 2.39. The number of nitrogens with zero attached hydrogens (tertiary/aromatic N) is 4. The molecule has 0 bridgehead atoms. The molecule has 1 aromatic heterocycles. The average Bonchev–Trinajstić information content (AvgIpc) is 3.03. The van der Waals surface area contributed by atoms with Gasteiger partial charge in [-0.2, -0.15) is 23.1 Å². The maximum atomic E-state index is 14.0. The summed E-state index contributed by atoms with van der Waals surface area (Å²) in [5, 5.41) is 0. The maximum Gasteiger partial charge on any atom is 0.421 e. The van der Waals surface area contributed by atoms with E-state index in [0.29, 0.717) is 24.3 Å². The number of nitrogen functional groups attached to an aromatic ring is 1. The molecule has 0 aliphatic carbocycles. The van der Waals surface area contributed by atoms with E-state index in [0.717, 1.165) is 25.5 Å². The van der Waals surface area contributed by atoms with Crippen molar-refractivity contribution in [1.82, 2.24) is 14.9 Å². The number of likely N-dealkylation sites (N-methyl/N-ethyl adjacent to an activating group) is 1. The highest BCUT2D eigenvalue weighted by atomic mass is 19.4. The molecule has 6 nitrogen and oxygen atoms in total. The van der Waals surface area contributed by atoms with Crippen molar-refractivity contribution in [1.29, 1.82) is 0 Å². The topological polar surface area (TPSA) is 67.5 Å². The molecule has 0 amide bonds. The largest absolute Gasteiger partial charge is 0.461 e. The molecule has 31 heavy (non-hydrogen) atoms. The van der Waals surface area contributed by atoms with Crippen molar-refractivity contribution < 1.29 is 22.3 Å². The Labute approximate surface area is 178 Å². The van der Waals surface area contributed by atoms with Crippen LogP contribution in [0.3, 0.4) is 0 Å². The summed E-state index contributed by atoms with van der Waals surface area (Å²) >= 11 is 0. The van der Waals surface area contributed by atoms with Gasteiger partial charge in [-0.1, -0.05) is 6.07 Å². The highest BCUT2D eigenvalue weighted by Crippen LogP contribution is 2.40. The molecule has 10 heteroatoms. The van der Waals surface area contributed by atoms with Gasteiger partial charge in [0.1, 0.15) is 23.8 Å². The standard InChI is InChI=1S/C21H25F4N5O/c1-20(8-4-9-29(20)2)12-31-19-27-15-11-30(10-7-13(15)18(26)28-19)16-6-3-5-14(22)17(16)21(23,24)25/h3,5-6H,4,7-12H2,1-2H3,(H2,26,27,28)/t20-/m1/s1. The quantitative estimate of drug-likeness (QED) is 0.734. The van der Waals surface area contributed by atoms with Crippen molar-refractivity contribution in [3.8, 4) is 6.01 Å². The Kier molecular flexibility index (Phi) is 5.45. The van der Waals surface area contributed by atoms with Crippen molar-refractivity contribution in [3.63, 3.8) is 0 Å². The predicted octanol–water partition coefficient (Wildman–Crippen LogP) is 3.64. The molecule has 3 heterocycles. The number of aromatic nitrogens is 2. The van der Waals surface area contributed by atoms with Crippen LogP contribution in [0.15, 0.2) is 18.2 Å². The van der Waals surface area contributed by atoms with Crippen LogP contribution in [-0.2, 0) is 19.1 Å². The van der Waals surface area contributed by atoms with Crippen LogP contribution in [0.25, 0.3) is 0 Å². The van der Waals surface area contributed by atoms with Gasteiger partial charge in [0.15, 0.2) is 0 Å². The van der Waals surface area contributed by atoms with Gasteiger partial charge in [-0.25, -0.2) is 4.39 Å². The Morgan fingerprint density at radius 3 is 2.68 bits per heavy atom. The van der Waals surface area contributed by atoms with Crippen LogP contribution in [0.1, 0.15) is 36.6 Å². The van der Waals surface area contributed by atoms with Crippen molar-refractivity contribution in [2.45, 2.75) is 44.4 Å². The first-order chi connectivity index (χ1) is 14.6. The molecule has 2 aliphatic rings. The lowest BCUT2D eigenvalue weighted by atomic mass is 10.0. The minimum absolute atomic E-state index is 0.0577. The van der Waals surface area contributed by atoms with Crippen LogP contribution in [0, 0.1) is 5.82 Å². The number of likely N-dealkylation sites (tertiary alicyclic amines) is 1. The van der Waals surface area contributed by atoms with Gasteiger partial charge in [-0.3, -0.25) is 4.90 Å². The van der Waals surface area contributed by atoms with E-state index in [9.17, 15) is 17.6 Å². The number of fused-ring (bicyclic) bond motifs is 1. The summed E-state index contributed by atoms with van der Waals surface area (Å²) in [6.07, 6.45) is -2.39. The molecular formula is C21H25F4N5O. The summed E-state index contributed by atoms with van der Waals surface area (Å²) in [4.78, 5) is 12.4. The molecule has 1 fully saturated rings. The number of benzene rings is 1. The van der Waals surface area contributed by atoms with Crippen LogP contribution < -0.4 is 15.4 Å². The predicted molar refractivity (Wildman–Crippen MR) is 108 cm³/mol. The van der Waals surface area contributed by atoms with Gasteiger partial charge >= 0.3 is 12.2 Å². The number of alkyl halides is 3. The van der Waals surface area contributed by atoms with E-state index in [1.807, 2.05) is 7.05 Å². The molecule has 0 unspecified atom stereocenters. The van der Waals surface area contributed by atoms with Crippen LogP contribution in [0.2, 0.25) is 0 Å². The molecule has 1 aromatic carbocycles. The summed E-state index contributed by atoms with van der Waals surface area (Å²) in [6, 6.07) is 3.47. The summed E-state index contributed by atoms with van der Waals surface area (Å²) in [6.45, 7) is 3.77. The fourth-order valence-corrected chi connectivity index (χ4v) is 4.32. The Bertz CT molecular complexity index is 983. The zero-order chi connectivity index (χ0) is 22.4. The minimum atomic E-state index is -4.80. The van der Waals surface area contributed by atoms with Crippen molar-refractivity contribution in [3.05, 3.63) is 40.8 Å². The fourth-order valence-electron chi connectivity index (χ4n) is 4.32. The lowest BCUT2D eigenvalue weighted by molar-refractivity contribution is -0.139. The number of ether oxygens (including phenoxy) is 1. The van der Waals surface area contributed by atoms with E-state index < -0.39 is 17.6 Å². The van der Waals surface area contributed by atoms with Crippen LogP contribution in [0.4, 0.5) is 29.1 Å². The Morgan fingerprint density at radius 1 is 1.23 bits per heavy atom. The first kappa shape index (κ1) is 21.6. The lowest BCUT2D eigenvalue weighted by Gasteiger charge is -2.33. The fraction of sp³-hybridized carbons (Fsp3) is 0.524. The van der Waals surface area contributed by atoms with E-state index in [1.165, 1.54) is 17.0 Å². The van der Waals surface area contributed by atoms with Gasteiger partial charge in [0.25, 0.3) is 0 Å². The second-order valence-electron chi connectivity index (χ2n) is 8.43. The zero-order valence-corrected chi connectivity index (χ0v) is 17.5. The summed E-state index contributed by atoms with van der Waals surface area (Å²) in [7, 11) is 2.04. The van der Waals surface area contributed by atoms with E-state index >= 15 is 0 Å². The number of hydrogen-bond acceptors (Lipinski definition) is 6. The van der Waals surface area contributed by atoms with Gasteiger partial charge in [-0.15, -0.1) is 0 Å². The molecule has 1 atom stereocenters. The van der Waals surface area contributed by atoms with E-state index in [4.69, 9.17) is 10.5 Å². The number of nitrogens with two attached hydrogens (primary N) is 1. The second kappa shape index (κ2) is 7.81. The van der Waals surface area contributed by atoms with Crippen molar-refractivity contribution in [2.75, 3.05) is 37.4 Å². The van der Waals surface area contributed by atoms with Crippen LogP contribution in [0.5, 0.6) is 6.01 Å². The monoisotopic (exact) mass is 439 g/mol. The van der Waals surface area contributed by atoms with Gasteiger partial charge < -0.3 is 15.4 Å². The molecular weight excluding hydrogens is 414 g/mol. The molecule has 168 valence electrons. The molecule has 0 saturated carbocycles. The molecule has 2 aliphatic heterocycles. The molecule has 2 aromatic rings. The van der Waals surface area contributed by atoms with E-state index in [-0.39, 0.29) is 36.1 Å². The van der Waals surface area contributed by atoms with E-state index in [1.54, 1.807) is 0 Å². The number of anilines is 2. The number of halogens is 4. The van der Waals surface area contributed by atoms with Gasteiger partial charge in [0.05, 0.1) is 23.5 Å². The molecule has 0 radical (unpaired) electrons. The van der Waals surface area contributed by atoms with Crippen molar-refractivity contribution >= 4 is 11.5 Å². The first-order valence-corrected chi connectivity index (χ1v) is 10.2. The van der Waals surface area contributed by atoms with Crippen molar-refractivity contribution in [2.24, 2.45) is 0 Å². The molecule has 2 N–H and O–H groups in total. The smallest absolute Gasteiger partial charge is 0.421 e. The maximum absolute atomic E-state index is 14.0. The average molecular weight is 439 g/mol. The zero-order valence-electron chi connectivity index (χ0n) is 17.5. The highest BCUT2D eigenvalue weighted by molar-refractivity contribution is 5.58. The molecule has 4 rings (SSSR count). The SMILES string of the molecule is CN1CCC[C@]1(C)COc1nc(N)c2c(n1)CN(c1cccc(F)c1C(F)(F)F)CC2. The Morgan fingerprint density at radius 2 is 2.00 bits per heavy atom. The number of hydrogen-bond donors (Lipinski definition) is 1. The number of rotatable bonds is 4. The Hall–Kier alpha value is -2.62. The molecule has 1 saturated heterocycles. The third kappa shape index (κ3) is 4.13. The minimum Gasteiger partial charge on any atom is -0.461 e. The third-order valence-electron chi connectivity index (χ3n) is 6.34. The first-order valence-electron chi connectivity index (χ1n) is 10.2. The normalized spacial score (nSPS) is 21.9. The van der Waals surface area contributed by atoms with E-state index in [2.05, 4.69) is 21.8 Å². The second-order valence-corrected chi connectivity index (χ2v) is 8.43. The van der Waals surface area contributed by atoms with Gasteiger partial charge in [-0.05, 0) is 51.9 Å². The third-order valence-corrected chi connectivity index (χ3v) is 6.34. The van der Waals surface area contributed by atoms with Crippen LogP contribution >= 0.6 is 0 Å². The summed E-state index contributed by atoms with van der Waals surface area (Å²) in [5.74, 6) is -1.03.